The van der Waals surface area contributed by atoms with Gasteiger partial charge in [0.05, 0.1) is 5.56 Å². The Morgan fingerprint density at radius 1 is 1.27 bits per heavy atom. The van der Waals surface area contributed by atoms with E-state index in [0.29, 0.717) is 0 Å². The highest BCUT2D eigenvalue weighted by Crippen LogP contribution is 2.27. The molecule has 1 amide bonds. The molecule has 0 saturated heterocycles. The normalized spacial score (nSPS) is 15.5. The molecule has 0 aliphatic heterocycles. The van der Waals surface area contributed by atoms with Crippen LogP contribution in [0.5, 0.6) is 0 Å². The number of thioether (sulfide) groups is 2. The molecule has 2 nitrogen and oxygen atoms in total. The first-order valence-corrected chi connectivity index (χ1v) is 10.1. The van der Waals surface area contributed by atoms with Crippen molar-refractivity contribution in [3.8, 4) is 0 Å². The largest absolute Gasteiger partial charge is 0.351 e. The van der Waals surface area contributed by atoms with Crippen molar-refractivity contribution < 1.29 is 4.79 Å². The van der Waals surface area contributed by atoms with Crippen LogP contribution in [0, 0.1) is 0 Å². The summed E-state index contributed by atoms with van der Waals surface area (Å²) in [6, 6.07) is 7.79. The quantitative estimate of drug-likeness (QED) is 0.422. The molecule has 1 saturated carbocycles. The summed E-state index contributed by atoms with van der Waals surface area (Å²) in [6.07, 6.45) is 8.70. The highest BCUT2D eigenvalue weighted by molar-refractivity contribution is 8.00. The predicted octanol–water partition coefficient (Wildman–Crippen LogP) is 4.76. The lowest BCUT2D eigenvalue weighted by atomic mass is 10.0. The second-order valence-corrected chi connectivity index (χ2v) is 7.95. The lowest BCUT2D eigenvalue weighted by Crippen LogP contribution is -2.27. The molecule has 1 aromatic rings. The molecule has 1 fully saturated rings. The summed E-state index contributed by atoms with van der Waals surface area (Å²) in [7, 11) is 0. The molecule has 0 unspecified atom stereocenters. The van der Waals surface area contributed by atoms with Gasteiger partial charge in [0, 0.05) is 28.2 Å². The van der Waals surface area contributed by atoms with Crippen LogP contribution < -0.4 is 5.32 Å². The fourth-order valence-corrected chi connectivity index (χ4v) is 4.65. The molecular formula is C18H25NOS2. The second-order valence-electron chi connectivity index (χ2n) is 5.48. The second kappa shape index (κ2) is 10.0. The maximum Gasteiger partial charge on any atom is 0.252 e. The molecular weight excluding hydrogens is 310 g/mol. The first-order valence-electron chi connectivity index (χ1n) is 8.04. The molecule has 0 radical (unpaired) electrons. The number of hydrogen-bond acceptors (Lipinski definition) is 3. The summed E-state index contributed by atoms with van der Waals surface area (Å²) < 4.78 is 0. The number of hydrogen-bond donors (Lipinski definition) is 1. The lowest BCUT2D eigenvalue weighted by Gasteiger charge is -2.20. The van der Waals surface area contributed by atoms with Gasteiger partial charge in [0.2, 0.25) is 0 Å². The number of carbonyl (C=O) groups excluding carboxylic acids is 1. The molecule has 1 aromatic carbocycles. The maximum atomic E-state index is 12.3. The van der Waals surface area contributed by atoms with Gasteiger partial charge in [-0.3, -0.25) is 4.79 Å². The minimum absolute atomic E-state index is 0.0383. The molecule has 1 N–H and O–H groups in total. The SMILES string of the molecule is C=CCSc1ccccc1C(=O)NCCSC1CCCCC1. The minimum atomic E-state index is 0.0383. The van der Waals surface area contributed by atoms with Crippen molar-refractivity contribution >= 4 is 29.4 Å². The van der Waals surface area contributed by atoms with Crippen molar-refractivity contribution in [2.75, 3.05) is 18.1 Å². The average Bonchev–Trinajstić information content (AvgIpc) is 2.58. The van der Waals surface area contributed by atoms with Crippen LogP contribution in [0.15, 0.2) is 41.8 Å². The van der Waals surface area contributed by atoms with Crippen LogP contribution in [0.25, 0.3) is 0 Å². The summed E-state index contributed by atoms with van der Waals surface area (Å²) in [6.45, 7) is 4.48. The number of benzene rings is 1. The van der Waals surface area contributed by atoms with E-state index in [1.54, 1.807) is 11.8 Å². The minimum Gasteiger partial charge on any atom is -0.351 e. The van der Waals surface area contributed by atoms with E-state index in [0.717, 1.165) is 33.8 Å². The third-order valence-corrected chi connectivity index (χ3v) is 6.23. The van der Waals surface area contributed by atoms with E-state index in [-0.39, 0.29) is 5.91 Å². The van der Waals surface area contributed by atoms with Gasteiger partial charge in [0.15, 0.2) is 0 Å². The first kappa shape index (κ1) is 17.5. The Hall–Kier alpha value is -0.870. The van der Waals surface area contributed by atoms with Gasteiger partial charge in [0.1, 0.15) is 0 Å². The molecule has 0 bridgehead atoms. The topological polar surface area (TPSA) is 29.1 Å². The van der Waals surface area contributed by atoms with Crippen molar-refractivity contribution in [1.29, 1.82) is 0 Å². The van der Waals surface area contributed by atoms with Gasteiger partial charge >= 0.3 is 0 Å². The van der Waals surface area contributed by atoms with Crippen LogP contribution in [-0.2, 0) is 0 Å². The van der Waals surface area contributed by atoms with Crippen LogP contribution in [0.4, 0.5) is 0 Å². The molecule has 22 heavy (non-hydrogen) atoms. The average molecular weight is 336 g/mol. The van der Waals surface area contributed by atoms with Crippen LogP contribution in [0.2, 0.25) is 0 Å². The summed E-state index contributed by atoms with van der Waals surface area (Å²) >= 11 is 3.67. The lowest BCUT2D eigenvalue weighted by molar-refractivity contribution is 0.0953. The van der Waals surface area contributed by atoms with E-state index in [1.165, 1.54) is 32.1 Å². The Bertz CT molecular complexity index is 484. The van der Waals surface area contributed by atoms with Gasteiger partial charge in [-0.15, -0.1) is 18.3 Å². The van der Waals surface area contributed by atoms with E-state index in [2.05, 4.69) is 11.9 Å². The van der Waals surface area contributed by atoms with E-state index >= 15 is 0 Å². The Morgan fingerprint density at radius 2 is 2.05 bits per heavy atom. The van der Waals surface area contributed by atoms with E-state index < -0.39 is 0 Å². The van der Waals surface area contributed by atoms with Gasteiger partial charge in [-0.05, 0) is 25.0 Å². The molecule has 1 aliphatic carbocycles. The summed E-state index contributed by atoms with van der Waals surface area (Å²) in [5, 5.41) is 3.86. The molecule has 0 heterocycles. The first-order chi connectivity index (χ1) is 10.8. The van der Waals surface area contributed by atoms with Crippen LogP contribution in [-0.4, -0.2) is 29.2 Å². The van der Waals surface area contributed by atoms with Crippen molar-refractivity contribution in [2.45, 2.75) is 42.2 Å². The van der Waals surface area contributed by atoms with Crippen molar-refractivity contribution in [1.82, 2.24) is 5.32 Å². The molecule has 120 valence electrons. The van der Waals surface area contributed by atoms with Crippen LogP contribution in [0.1, 0.15) is 42.5 Å². The molecule has 4 heteroatoms. The molecule has 0 atom stereocenters. The molecule has 1 aliphatic rings. The zero-order chi connectivity index (χ0) is 15.6. The van der Waals surface area contributed by atoms with Gasteiger partial charge in [-0.25, -0.2) is 0 Å². The van der Waals surface area contributed by atoms with Gasteiger partial charge in [0.25, 0.3) is 5.91 Å². The van der Waals surface area contributed by atoms with Gasteiger partial charge < -0.3 is 5.32 Å². The number of amides is 1. The fourth-order valence-electron chi connectivity index (χ4n) is 2.65. The predicted molar refractivity (Wildman–Crippen MR) is 99.0 cm³/mol. The zero-order valence-electron chi connectivity index (χ0n) is 13.1. The van der Waals surface area contributed by atoms with E-state index in [1.807, 2.05) is 42.1 Å². The number of carbonyl (C=O) groups is 1. The maximum absolute atomic E-state index is 12.3. The Kier molecular flexibility index (Phi) is 7.95. The Labute approximate surface area is 142 Å². The summed E-state index contributed by atoms with van der Waals surface area (Å²) in [4.78, 5) is 13.3. The van der Waals surface area contributed by atoms with Crippen molar-refractivity contribution in [3.63, 3.8) is 0 Å². The van der Waals surface area contributed by atoms with E-state index in [9.17, 15) is 4.79 Å². The fraction of sp³-hybridized carbons (Fsp3) is 0.500. The van der Waals surface area contributed by atoms with Gasteiger partial charge in [-0.1, -0.05) is 37.5 Å². The standard InChI is InChI=1S/C18H25NOS2/c1-2-13-22-17-11-7-6-10-16(17)18(20)19-12-14-21-15-8-4-3-5-9-15/h2,6-7,10-11,15H,1,3-5,8-9,12-14H2,(H,19,20). The smallest absolute Gasteiger partial charge is 0.252 e. The van der Waals surface area contributed by atoms with Gasteiger partial charge in [-0.2, -0.15) is 11.8 Å². The number of nitrogens with one attached hydrogen (secondary N) is 1. The molecule has 0 spiro atoms. The molecule has 0 aromatic heterocycles. The van der Waals surface area contributed by atoms with Crippen LogP contribution >= 0.6 is 23.5 Å². The number of rotatable bonds is 8. The highest BCUT2D eigenvalue weighted by atomic mass is 32.2. The third-order valence-electron chi connectivity index (χ3n) is 3.78. The Balaban J connectivity index is 1.75. The summed E-state index contributed by atoms with van der Waals surface area (Å²) in [5.74, 6) is 1.87. The van der Waals surface area contributed by atoms with E-state index in [4.69, 9.17) is 0 Å². The highest BCUT2D eigenvalue weighted by Gasteiger charge is 2.14. The summed E-state index contributed by atoms with van der Waals surface area (Å²) in [5.41, 5.74) is 0.775. The Morgan fingerprint density at radius 3 is 2.82 bits per heavy atom. The van der Waals surface area contributed by atoms with Crippen molar-refractivity contribution in [3.05, 3.63) is 42.5 Å². The molecule has 2 rings (SSSR count). The third kappa shape index (κ3) is 5.73. The monoisotopic (exact) mass is 335 g/mol. The zero-order valence-corrected chi connectivity index (χ0v) is 14.7. The van der Waals surface area contributed by atoms with Crippen LogP contribution in [0.3, 0.4) is 0 Å². The van der Waals surface area contributed by atoms with Crippen molar-refractivity contribution in [2.24, 2.45) is 0 Å².